The van der Waals surface area contributed by atoms with Gasteiger partial charge in [-0.3, -0.25) is 13.9 Å². The maximum absolute atomic E-state index is 13.6. The highest BCUT2D eigenvalue weighted by molar-refractivity contribution is 7.92. The predicted molar refractivity (Wildman–Crippen MR) is 142 cm³/mol. The van der Waals surface area contributed by atoms with Gasteiger partial charge in [0.2, 0.25) is 21.8 Å². The first-order chi connectivity index (χ1) is 16.5. The fourth-order valence-corrected chi connectivity index (χ4v) is 4.70. The molecule has 0 bridgehead atoms. The van der Waals surface area contributed by atoms with E-state index in [9.17, 15) is 18.0 Å². The van der Waals surface area contributed by atoms with Crippen molar-refractivity contribution in [2.24, 2.45) is 0 Å². The topological polar surface area (TPSA) is 86.8 Å². The zero-order chi connectivity index (χ0) is 26.2. The van der Waals surface area contributed by atoms with Crippen molar-refractivity contribution >= 4 is 50.7 Å². The number of carbonyl (C=O) groups is 2. The number of carbonyl (C=O) groups excluding carboxylic acids is 2. The lowest BCUT2D eigenvalue weighted by molar-refractivity contribution is -0.140. The number of amides is 2. The van der Waals surface area contributed by atoms with Gasteiger partial charge in [0.05, 0.1) is 22.0 Å². The lowest BCUT2D eigenvalue weighted by Gasteiger charge is -2.33. The van der Waals surface area contributed by atoms with Crippen LogP contribution in [-0.2, 0) is 26.2 Å². The maximum Gasteiger partial charge on any atom is 0.244 e. The van der Waals surface area contributed by atoms with Crippen LogP contribution in [0.15, 0.2) is 42.5 Å². The number of hydrogen-bond donors (Lipinski definition) is 1. The molecule has 2 rings (SSSR count). The van der Waals surface area contributed by atoms with Crippen LogP contribution >= 0.6 is 23.2 Å². The van der Waals surface area contributed by atoms with Gasteiger partial charge in [0.1, 0.15) is 12.6 Å². The van der Waals surface area contributed by atoms with Crippen molar-refractivity contribution in [2.75, 3.05) is 23.7 Å². The Kier molecular flexibility index (Phi) is 10.9. The second-order valence-corrected chi connectivity index (χ2v) is 11.2. The van der Waals surface area contributed by atoms with Gasteiger partial charge >= 0.3 is 0 Å². The average Bonchev–Trinajstić information content (AvgIpc) is 2.80. The van der Waals surface area contributed by atoms with E-state index in [0.717, 1.165) is 34.5 Å². The third-order valence-corrected chi connectivity index (χ3v) is 7.44. The molecule has 0 heterocycles. The highest BCUT2D eigenvalue weighted by Crippen LogP contribution is 2.28. The lowest BCUT2D eigenvalue weighted by atomic mass is 10.1. The Balaban J connectivity index is 2.41. The van der Waals surface area contributed by atoms with Gasteiger partial charge < -0.3 is 10.2 Å². The molecule has 2 amide bonds. The van der Waals surface area contributed by atoms with Gasteiger partial charge in [-0.1, -0.05) is 73.3 Å². The van der Waals surface area contributed by atoms with Crippen LogP contribution in [-0.4, -0.2) is 50.5 Å². The van der Waals surface area contributed by atoms with Crippen LogP contribution in [0.4, 0.5) is 5.69 Å². The average molecular weight is 543 g/mol. The molecule has 7 nitrogen and oxygen atoms in total. The highest BCUT2D eigenvalue weighted by Gasteiger charge is 2.31. The first-order valence-corrected chi connectivity index (χ1v) is 14.1. The van der Waals surface area contributed by atoms with Crippen LogP contribution in [0, 0.1) is 6.92 Å². The molecule has 0 spiro atoms. The maximum atomic E-state index is 13.6. The van der Waals surface area contributed by atoms with Crippen molar-refractivity contribution in [3.8, 4) is 0 Å². The minimum absolute atomic E-state index is 0.164. The quantitative estimate of drug-likeness (QED) is 0.391. The van der Waals surface area contributed by atoms with Gasteiger partial charge in [-0.15, -0.1) is 0 Å². The number of hydrogen-bond acceptors (Lipinski definition) is 4. The lowest BCUT2D eigenvalue weighted by Crippen LogP contribution is -2.52. The van der Waals surface area contributed by atoms with Gasteiger partial charge in [0.15, 0.2) is 0 Å². The molecule has 0 fully saturated rings. The van der Waals surface area contributed by atoms with E-state index in [2.05, 4.69) is 5.32 Å². The molecule has 35 heavy (non-hydrogen) atoms. The highest BCUT2D eigenvalue weighted by atomic mass is 35.5. The summed E-state index contributed by atoms with van der Waals surface area (Å²) in [5.41, 5.74) is 2.12. The first kappa shape index (κ1) is 28.9. The normalized spacial score (nSPS) is 12.2. The van der Waals surface area contributed by atoms with Crippen LogP contribution in [0.2, 0.25) is 10.0 Å². The van der Waals surface area contributed by atoms with Crippen molar-refractivity contribution in [3.63, 3.8) is 0 Å². The molecule has 2 aromatic carbocycles. The third-order valence-electron chi connectivity index (χ3n) is 5.56. The molecule has 0 saturated carbocycles. The molecule has 10 heteroatoms. The minimum Gasteiger partial charge on any atom is -0.354 e. The molecule has 0 unspecified atom stereocenters. The summed E-state index contributed by atoms with van der Waals surface area (Å²) in [5, 5.41) is 3.34. The number of benzene rings is 2. The molecule has 1 atom stereocenters. The Bertz CT molecular complexity index is 1120. The summed E-state index contributed by atoms with van der Waals surface area (Å²) >= 11 is 12.1. The summed E-state index contributed by atoms with van der Waals surface area (Å²) < 4.78 is 26.2. The fraction of sp³-hybridized carbons (Fsp3) is 0.440. The van der Waals surface area contributed by atoms with Crippen molar-refractivity contribution in [3.05, 3.63) is 63.6 Å². The van der Waals surface area contributed by atoms with Crippen molar-refractivity contribution < 1.29 is 18.0 Å². The standard InChI is InChI=1S/C25H33Cl2N3O4S/c1-5-7-14-28-25(32)23(6-2)29(16-19-10-8-18(3)9-11-19)24(31)17-30(35(4,33)34)20-12-13-21(26)22(27)15-20/h8-13,15,23H,5-7,14,16-17H2,1-4H3,(H,28,32)/t23-/m0/s1. The van der Waals surface area contributed by atoms with Crippen LogP contribution in [0.5, 0.6) is 0 Å². The van der Waals surface area contributed by atoms with E-state index >= 15 is 0 Å². The van der Waals surface area contributed by atoms with E-state index in [-0.39, 0.29) is 28.2 Å². The molecular formula is C25H33Cl2N3O4S. The molecule has 1 N–H and O–H groups in total. The molecule has 192 valence electrons. The molecule has 0 aliphatic rings. The molecule has 0 aliphatic heterocycles. The SMILES string of the molecule is CCCCNC(=O)[C@H](CC)N(Cc1ccc(C)cc1)C(=O)CN(c1ccc(Cl)c(Cl)c1)S(C)(=O)=O. The van der Waals surface area contributed by atoms with E-state index in [4.69, 9.17) is 23.2 Å². The summed E-state index contributed by atoms with van der Waals surface area (Å²) in [6.45, 7) is 6.01. The van der Waals surface area contributed by atoms with Gasteiger partial charge in [-0.25, -0.2) is 8.42 Å². The van der Waals surface area contributed by atoms with Gasteiger partial charge in [0.25, 0.3) is 0 Å². The summed E-state index contributed by atoms with van der Waals surface area (Å²) in [5.74, 6) is -0.763. The predicted octanol–water partition coefficient (Wildman–Crippen LogP) is 4.79. The van der Waals surface area contributed by atoms with E-state index in [1.807, 2.05) is 45.0 Å². The molecule has 0 saturated heterocycles. The van der Waals surface area contributed by atoms with Crippen LogP contribution in [0.1, 0.15) is 44.2 Å². The Morgan fingerprint density at radius 2 is 1.69 bits per heavy atom. The number of unbranched alkanes of at least 4 members (excludes halogenated alkanes) is 1. The van der Waals surface area contributed by atoms with Crippen LogP contribution in [0.3, 0.4) is 0 Å². The van der Waals surface area contributed by atoms with Gasteiger partial charge in [-0.2, -0.15) is 0 Å². The van der Waals surface area contributed by atoms with Crippen molar-refractivity contribution in [1.82, 2.24) is 10.2 Å². The second kappa shape index (κ2) is 13.1. The Morgan fingerprint density at radius 3 is 2.23 bits per heavy atom. The van der Waals surface area contributed by atoms with E-state index in [1.165, 1.54) is 23.1 Å². The number of nitrogens with zero attached hydrogens (tertiary/aromatic N) is 2. The Labute approximate surface area is 218 Å². The molecule has 0 radical (unpaired) electrons. The summed E-state index contributed by atoms with van der Waals surface area (Å²) in [7, 11) is -3.84. The summed E-state index contributed by atoms with van der Waals surface area (Å²) in [6.07, 6.45) is 3.15. The number of nitrogens with one attached hydrogen (secondary N) is 1. The third kappa shape index (κ3) is 8.40. The fourth-order valence-electron chi connectivity index (χ4n) is 3.57. The number of sulfonamides is 1. The van der Waals surface area contributed by atoms with E-state index < -0.39 is 28.5 Å². The smallest absolute Gasteiger partial charge is 0.244 e. The first-order valence-electron chi connectivity index (χ1n) is 11.5. The minimum atomic E-state index is -3.84. The second-order valence-electron chi connectivity index (χ2n) is 8.44. The molecule has 0 aliphatic carbocycles. The Hall–Kier alpha value is -2.29. The van der Waals surface area contributed by atoms with Crippen molar-refractivity contribution in [2.45, 2.75) is 52.6 Å². The summed E-state index contributed by atoms with van der Waals surface area (Å²) in [4.78, 5) is 28.1. The zero-order valence-electron chi connectivity index (χ0n) is 20.6. The number of aryl methyl sites for hydroxylation is 1. The largest absolute Gasteiger partial charge is 0.354 e. The monoisotopic (exact) mass is 541 g/mol. The zero-order valence-corrected chi connectivity index (χ0v) is 22.9. The van der Waals surface area contributed by atoms with Crippen molar-refractivity contribution in [1.29, 1.82) is 0 Å². The summed E-state index contributed by atoms with van der Waals surface area (Å²) in [6, 6.07) is 11.3. The Morgan fingerprint density at radius 1 is 1.03 bits per heavy atom. The van der Waals surface area contributed by atoms with E-state index in [0.29, 0.717) is 13.0 Å². The molecule has 2 aromatic rings. The van der Waals surface area contributed by atoms with Crippen LogP contribution < -0.4 is 9.62 Å². The van der Waals surface area contributed by atoms with Gasteiger partial charge in [-0.05, 0) is 43.5 Å². The van der Waals surface area contributed by atoms with Crippen LogP contribution in [0.25, 0.3) is 0 Å². The number of rotatable bonds is 12. The molecule has 0 aromatic heterocycles. The number of halogens is 2. The molecular weight excluding hydrogens is 509 g/mol. The number of anilines is 1. The van der Waals surface area contributed by atoms with Gasteiger partial charge in [0, 0.05) is 13.1 Å². The van der Waals surface area contributed by atoms with E-state index in [1.54, 1.807) is 0 Å².